The molecule has 0 bridgehead atoms. The highest BCUT2D eigenvalue weighted by Crippen LogP contribution is 2.37. The zero-order valence-electron chi connectivity index (χ0n) is 11.3. The fourth-order valence-electron chi connectivity index (χ4n) is 3.24. The molecule has 1 aliphatic heterocycles. The highest BCUT2D eigenvalue weighted by atomic mass is 14.9. The average Bonchev–Trinajstić information content (AvgIpc) is 2.47. The number of piperidine rings is 1. The van der Waals surface area contributed by atoms with Crippen molar-refractivity contribution in [3.8, 4) is 6.07 Å². The monoisotopic (exact) mass is 253 g/mol. The summed E-state index contributed by atoms with van der Waals surface area (Å²) in [6.07, 6.45) is 7.87. The van der Waals surface area contributed by atoms with E-state index in [0.717, 1.165) is 42.6 Å². The molecule has 2 atom stereocenters. The Morgan fingerprint density at radius 2 is 2.32 bits per heavy atom. The van der Waals surface area contributed by atoms with Gasteiger partial charge in [0.2, 0.25) is 0 Å². The van der Waals surface area contributed by atoms with Gasteiger partial charge in [-0.1, -0.05) is 6.08 Å². The van der Waals surface area contributed by atoms with Crippen molar-refractivity contribution in [3.05, 3.63) is 35.2 Å². The number of aryl methyl sites for hydroxylation is 1. The largest absolute Gasteiger partial charge is 0.316 e. The van der Waals surface area contributed by atoms with E-state index in [1.165, 1.54) is 18.4 Å². The van der Waals surface area contributed by atoms with E-state index in [2.05, 4.69) is 22.4 Å². The number of pyridine rings is 1. The van der Waals surface area contributed by atoms with Gasteiger partial charge in [0.15, 0.2) is 0 Å². The van der Waals surface area contributed by atoms with Gasteiger partial charge in [-0.25, -0.2) is 0 Å². The van der Waals surface area contributed by atoms with Crippen LogP contribution in [0, 0.1) is 30.1 Å². The van der Waals surface area contributed by atoms with Crippen LogP contribution in [0.25, 0.3) is 5.57 Å². The highest BCUT2D eigenvalue weighted by Gasteiger charge is 2.28. The van der Waals surface area contributed by atoms with E-state index in [0.29, 0.717) is 5.56 Å². The maximum absolute atomic E-state index is 9.11. The standard InChI is InChI=1S/C16H19N3/c1-11-14(8-17)7-16(10-19-11)13-3-2-12-4-5-18-9-15(12)6-13/h3,7,10,12,15,18H,2,4-6,9H2,1H3/t12-,15+/m1/s1. The van der Waals surface area contributed by atoms with Gasteiger partial charge in [0.25, 0.3) is 0 Å². The van der Waals surface area contributed by atoms with Crippen LogP contribution < -0.4 is 5.32 Å². The Morgan fingerprint density at radius 1 is 1.42 bits per heavy atom. The van der Waals surface area contributed by atoms with E-state index < -0.39 is 0 Å². The van der Waals surface area contributed by atoms with Crippen LogP contribution in [0.3, 0.4) is 0 Å². The predicted octanol–water partition coefficient (Wildman–Crippen LogP) is 2.66. The number of hydrogen-bond donors (Lipinski definition) is 1. The molecular weight excluding hydrogens is 234 g/mol. The molecule has 3 heteroatoms. The number of aromatic nitrogens is 1. The molecule has 0 amide bonds. The zero-order chi connectivity index (χ0) is 13.2. The minimum atomic E-state index is 0.697. The summed E-state index contributed by atoms with van der Waals surface area (Å²) < 4.78 is 0. The smallest absolute Gasteiger partial charge is 0.101 e. The Hall–Kier alpha value is -1.66. The van der Waals surface area contributed by atoms with Gasteiger partial charge in [0, 0.05) is 6.20 Å². The molecule has 0 radical (unpaired) electrons. The second kappa shape index (κ2) is 5.14. The first-order chi connectivity index (χ1) is 9.28. The molecule has 2 heterocycles. The quantitative estimate of drug-likeness (QED) is 0.837. The van der Waals surface area contributed by atoms with E-state index in [1.54, 1.807) is 0 Å². The molecule has 98 valence electrons. The van der Waals surface area contributed by atoms with Gasteiger partial charge in [0.1, 0.15) is 6.07 Å². The highest BCUT2D eigenvalue weighted by molar-refractivity contribution is 5.67. The summed E-state index contributed by atoms with van der Waals surface area (Å²) in [5.41, 5.74) is 4.02. The summed E-state index contributed by atoms with van der Waals surface area (Å²) >= 11 is 0. The van der Waals surface area contributed by atoms with Gasteiger partial charge in [0.05, 0.1) is 11.3 Å². The minimum absolute atomic E-state index is 0.697. The van der Waals surface area contributed by atoms with Gasteiger partial charge in [-0.3, -0.25) is 4.98 Å². The van der Waals surface area contributed by atoms with Crippen molar-refractivity contribution in [3.63, 3.8) is 0 Å². The van der Waals surface area contributed by atoms with Crippen LogP contribution in [0.2, 0.25) is 0 Å². The molecule has 0 unspecified atom stereocenters. The summed E-state index contributed by atoms with van der Waals surface area (Å²) in [6, 6.07) is 4.22. The lowest BCUT2D eigenvalue weighted by Gasteiger charge is -2.35. The third-order valence-electron chi connectivity index (χ3n) is 4.49. The van der Waals surface area contributed by atoms with Crippen molar-refractivity contribution in [2.45, 2.75) is 26.2 Å². The Bertz CT molecular complexity index is 554. The van der Waals surface area contributed by atoms with Crippen LogP contribution in [0.15, 0.2) is 18.3 Å². The molecule has 0 saturated carbocycles. The first-order valence-corrected chi connectivity index (χ1v) is 7.05. The van der Waals surface area contributed by atoms with Gasteiger partial charge in [-0.05, 0) is 68.3 Å². The summed E-state index contributed by atoms with van der Waals surface area (Å²) in [6.45, 7) is 4.18. The van der Waals surface area contributed by atoms with Crippen LogP contribution >= 0.6 is 0 Å². The molecule has 2 aliphatic rings. The van der Waals surface area contributed by atoms with Gasteiger partial charge in [-0.15, -0.1) is 0 Å². The predicted molar refractivity (Wildman–Crippen MR) is 75.4 cm³/mol. The average molecular weight is 253 g/mol. The molecule has 3 nitrogen and oxygen atoms in total. The lowest BCUT2D eigenvalue weighted by Crippen LogP contribution is -2.37. The number of nitrogens with zero attached hydrogens (tertiary/aromatic N) is 2. The van der Waals surface area contributed by atoms with Crippen LogP contribution in [0.5, 0.6) is 0 Å². The lowest BCUT2D eigenvalue weighted by molar-refractivity contribution is 0.252. The van der Waals surface area contributed by atoms with E-state index in [1.807, 2.05) is 19.2 Å². The van der Waals surface area contributed by atoms with Gasteiger partial charge >= 0.3 is 0 Å². The van der Waals surface area contributed by atoms with Crippen molar-refractivity contribution in [1.29, 1.82) is 5.26 Å². The van der Waals surface area contributed by atoms with Crippen molar-refractivity contribution >= 4 is 5.57 Å². The Morgan fingerprint density at radius 3 is 3.16 bits per heavy atom. The summed E-state index contributed by atoms with van der Waals surface area (Å²) in [5.74, 6) is 1.60. The first-order valence-electron chi connectivity index (χ1n) is 7.05. The van der Waals surface area contributed by atoms with Gasteiger partial charge < -0.3 is 5.32 Å². The zero-order valence-corrected chi connectivity index (χ0v) is 11.3. The molecule has 0 spiro atoms. The lowest BCUT2D eigenvalue weighted by atomic mass is 9.75. The van der Waals surface area contributed by atoms with Crippen molar-refractivity contribution in [1.82, 2.24) is 10.3 Å². The maximum atomic E-state index is 9.11. The molecule has 1 aromatic rings. The molecule has 1 saturated heterocycles. The summed E-state index contributed by atoms with van der Waals surface area (Å²) in [5, 5.41) is 12.6. The molecule has 3 rings (SSSR count). The number of allylic oxidation sites excluding steroid dienone is 2. The number of nitrogens with one attached hydrogen (secondary N) is 1. The van der Waals surface area contributed by atoms with Crippen LogP contribution in [0.4, 0.5) is 0 Å². The molecule has 1 aromatic heterocycles. The Kier molecular flexibility index (Phi) is 3.35. The fraction of sp³-hybridized carbons (Fsp3) is 0.500. The second-order valence-electron chi connectivity index (χ2n) is 5.65. The maximum Gasteiger partial charge on any atom is 0.101 e. The summed E-state index contributed by atoms with van der Waals surface area (Å²) in [4.78, 5) is 4.35. The normalized spacial score (nSPS) is 26.2. The van der Waals surface area contributed by atoms with E-state index in [4.69, 9.17) is 5.26 Å². The minimum Gasteiger partial charge on any atom is -0.316 e. The van der Waals surface area contributed by atoms with E-state index in [-0.39, 0.29) is 0 Å². The third kappa shape index (κ3) is 2.41. The Labute approximate surface area is 114 Å². The second-order valence-corrected chi connectivity index (χ2v) is 5.65. The van der Waals surface area contributed by atoms with Gasteiger partial charge in [-0.2, -0.15) is 5.26 Å². The van der Waals surface area contributed by atoms with Crippen molar-refractivity contribution in [2.24, 2.45) is 11.8 Å². The summed E-state index contributed by atoms with van der Waals surface area (Å²) in [7, 11) is 0. The van der Waals surface area contributed by atoms with Crippen LogP contribution in [-0.4, -0.2) is 18.1 Å². The number of fused-ring (bicyclic) bond motifs is 1. The van der Waals surface area contributed by atoms with E-state index in [9.17, 15) is 0 Å². The molecule has 19 heavy (non-hydrogen) atoms. The van der Waals surface area contributed by atoms with Crippen LogP contribution in [0.1, 0.15) is 36.1 Å². The molecule has 1 aliphatic carbocycles. The first kappa shape index (κ1) is 12.4. The molecule has 1 fully saturated rings. The molecular formula is C16H19N3. The number of hydrogen-bond acceptors (Lipinski definition) is 3. The molecule has 0 aromatic carbocycles. The number of rotatable bonds is 1. The SMILES string of the molecule is Cc1ncc(C2=CC[C@@H]3CCNC[C@@H]3C2)cc1C#N. The van der Waals surface area contributed by atoms with Crippen molar-refractivity contribution in [2.75, 3.05) is 13.1 Å². The fourth-order valence-corrected chi connectivity index (χ4v) is 3.24. The van der Waals surface area contributed by atoms with Crippen LogP contribution in [-0.2, 0) is 0 Å². The van der Waals surface area contributed by atoms with E-state index >= 15 is 0 Å². The third-order valence-corrected chi connectivity index (χ3v) is 4.49. The van der Waals surface area contributed by atoms with Crippen molar-refractivity contribution < 1.29 is 0 Å². The topological polar surface area (TPSA) is 48.7 Å². The Balaban J connectivity index is 1.86. The number of nitriles is 1. The molecule has 1 N–H and O–H groups in total.